The summed E-state index contributed by atoms with van der Waals surface area (Å²) in [4.78, 5) is 34.3. The lowest BCUT2D eigenvalue weighted by Gasteiger charge is -2.21. The molecule has 0 aliphatic rings. The molecule has 4 aromatic rings. The molecule has 2 aromatic heterocycles. The molecule has 1 amide bonds. The Hall–Kier alpha value is -3.23. The van der Waals surface area contributed by atoms with Gasteiger partial charge in [-0.3, -0.25) is 14.2 Å². The van der Waals surface area contributed by atoms with Crippen LogP contribution in [0.25, 0.3) is 16.5 Å². The third kappa shape index (κ3) is 4.04. The van der Waals surface area contributed by atoms with Crippen LogP contribution in [0, 0.1) is 0 Å². The maximum Gasteiger partial charge on any atom is 0.274 e. The molecule has 0 radical (unpaired) electrons. The molecule has 2 aromatic carbocycles. The second-order valence-electron chi connectivity index (χ2n) is 6.87. The first-order valence-electron chi connectivity index (χ1n) is 9.35. The van der Waals surface area contributed by atoms with Gasteiger partial charge in [0, 0.05) is 11.4 Å². The first-order valence-corrected chi connectivity index (χ1v) is 10.5. The van der Waals surface area contributed by atoms with Crippen molar-refractivity contribution in [3.8, 4) is 5.69 Å². The minimum atomic E-state index is -0.552. The van der Waals surface area contributed by atoms with Gasteiger partial charge >= 0.3 is 0 Å². The highest BCUT2D eigenvalue weighted by Gasteiger charge is 2.21. The third-order valence-electron chi connectivity index (χ3n) is 4.82. The van der Waals surface area contributed by atoms with E-state index in [4.69, 9.17) is 17.3 Å². The number of carbonyl (C=O) groups is 1. The van der Waals surface area contributed by atoms with Gasteiger partial charge in [-0.1, -0.05) is 41.9 Å². The Morgan fingerprint density at radius 3 is 2.68 bits per heavy atom. The monoisotopic (exact) mass is 497 g/mol. The summed E-state index contributed by atoms with van der Waals surface area (Å²) < 4.78 is 1.94. The molecule has 2 heterocycles. The van der Waals surface area contributed by atoms with Gasteiger partial charge in [-0.25, -0.2) is 9.97 Å². The van der Waals surface area contributed by atoms with Gasteiger partial charge in [0.1, 0.15) is 4.60 Å². The summed E-state index contributed by atoms with van der Waals surface area (Å²) in [6.45, 7) is 1.78. The predicted octanol–water partition coefficient (Wildman–Crippen LogP) is 4.27. The van der Waals surface area contributed by atoms with E-state index >= 15 is 0 Å². The minimum absolute atomic E-state index is 0.00123. The molecule has 0 saturated carbocycles. The van der Waals surface area contributed by atoms with Crippen LogP contribution in [0.15, 0.2) is 70.2 Å². The summed E-state index contributed by atoms with van der Waals surface area (Å²) in [7, 11) is 0. The van der Waals surface area contributed by atoms with Crippen LogP contribution in [0.5, 0.6) is 0 Å². The van der Waals surface area contributed by atoms with Crippen molar-refractivity contribution in [2.75, 3.05) is 5.73 Å². The van der Waals surface area contributed by atoms with Crippen LogP contribution < -0.4 is 16.6 Å². The number of hydrogen-bond acceptors (Lipinski definition) is 5. The van der Waals surface area contributed by atoms with Crippen LogP contribution in [-0.4, -0.2) is 20.4 Å². The van der Waals surface area contributed by atoms with E-state index in [0.29, 0.717) is 31.8 Å². The molecular weight excluding hydrogens is 482 g/mol. The molecule has 0 saturated heterocycles. The summed E-state index contributed by atoms with van der Waals surface area (Å²) >= 11 is 9.53. The summed E-state index contributed by atoms with van der Waals surface area (Å²) in [5, 5.41) is 4.33. The average molecular weight is 499 g/mol. The van der Waals surface area contributed by atoms with Gasteiger partial charge < -0.3 is 11.1 Å². The summed E-state index contributed by atoms with van der Waals surface area (Å²) in [6.07, 6.45) is 1.41. The van der Waals surface area contributed by atoms with E-state index in [-0.39, 0.29) is 17.1 Å². The number of nitrogens with zero attached hydrogens (tertiary/aromatic N) is 3. The number of amides is 1. The number of nitrogens with two attached hydrogens (primary N) is 1. The Morgan fingerprint density at radius 1 is 1.19 bits per heavy atom. The van der Waals surface area contributed by atoms with Gasteiger partial charge in [0.2, 0.25) is 0 Å². The number of aromatic nitrogens is 3. The SMILES string of the molecule is CC(NC(=O)c1nc(Br)cnc1N)c1cc2cccc(Cl)c2c(=O)n1-c1ccccc1. The van der Waals surface area contributed by atoms with Crippen molar-refractivity contribution in [3.05, 3.63) is 92.2 Å². The normalized spacial score (nSPS) is 12.0. The number of nitrogens with one attached hydrogen (secondary N) is 1. The highest BCUT2D eigenvalue weighted by atomic mass is 79.9. The van der Waals surface area contributed by atoms with Crippen molar-refractivity contribution in [2.45, 2.75) is 13.0 Å². The molecule has 1 atom stereocenters. The quantitative estimate of drug-likeness (QED) is 0.437. The Balaban J connectivity index is 1.85. The van der Waals surface area contributed by atoms with Crippen LogP contribution in [-0.2, 0) is 0 Å². The molecule has 0 fully saturated rings. The van der Waals surface area contributed by atoms with Crippen LogP contribution in [0.2, 0.25) is 5.02 Å². The zero-order valence-corrected chi connectivity index (χ0v) is 18.7. The van der Waals surface area contributed by atoms with Crippen molar-refractivity contribution in [1.29, 1.82) is 0 Å². The number of nitrogen functional groups attached to an aromatic ring is 1. The number of fused-ring (bicyclic) bond motifs is 1. The molecule has 0 aliphatic heterocycles. The van der Waals surface area contributed by atoms with Crippen LogP contribution in [0.3, 0.4) is 0 Å². The van der Waals surface area contributed by atoms with Gasteiger partial charge in [-0.2, -0.15) is 0 Å². The van der Waals surface area contributed by atoms with Gasteiger partial charge in [-0.15, -0.1) is 0 Å². The number of carbonyl (C=O) groups excluding carboxylic acids is 1. The summed E-state index contributed by atoms with van der Waals surface area (Å²) in [5.74, 6) is -0.490. The molecule has 9 heteroatoms. The zero-order chi connectivity index (χ0) is 22.1. The number of anilines is 1. The Kier molecular flexibility index (Phi) is 5.75. The molecule has 1 unspecified atom stereocenters. The van der Waals surface area contributed by atoms with E-state index in [1.165, 1.54) is 6.20 Å². The maximum atomic E-state index is 13.4. The predicted molar refractivity (Wildman–Crippen MR) is 125 cm³/mol. The lowest BCUT2D eigenvalue weighted by Crippen LogP contribution is -2.33. The largest absolute Gasteiger partial charge is 0.382 e. The number of pyridine rings is 1. The molecular formula is C22H17BrClN5O2. The van der Waals surface area contributed by atoms with Crippen molar-refractivity contribution >= 4 is 50.0 Å². The maximum absolute atomic E-state index is 13.4. The Morgan fingerprint density at radius 2 is 1.94 bits per heavy atom. The number of halogens is 2. The van der Waals surface area contributed by atoms with Crippen molar-refractivity contribution in [1.82, 2.24) is 19.9 Å². The molecule has 31 heavy (non-hydrogen) atoms. The minimum Gasteiger partial charge on any atom is -0.382 e. The van der Waals surface area contributed by atoms with Gasteiger partial charge in [0.15, 0.2) is 11.5 Å². The summed E-state index contributed by atoms with van der Waals surface area (Å²) in [6, 6.07) is 15.7. The Bertz CT molecular complexity index is 1360. The number of hydrogen-bond donors (Lipinski definition) is 2. The molecule has 0 spiro atoms. The van der Waals surface area contributed by atoms with E-state index in [9.17, 15) is 9.59 Å². The van der Waals surface area contributed by atoms with Gasteiger partial charge in [-0.05, 0) is 52.5 Å². The van der Waals surface area contributed by atoms with E-state index < -0.39 is 11.9 Å². The molecule has 3 N–H and O–H groups in total. The fourth-order valence-electron chi connectivity index (χ4n) is 3.38. The van der Waals surface area contributed by atoms with Crippen LogP contribution in [0.4, 0.5) is 5.82 Å². The van der Waals surface area contributed by atoms with E-state index in [0.717, 1.165) is 0 Å². The fraction of sp³-hybridized carbons (Fsp3) is 0.0909. The van der Waals surface area contributed by atoms with E-state index in [2.05, 4.69) is 31.2 Å². The Labute approximate surface area is 191 Å². The molecule has 0 aliphatic carbocycles. The fourth-order valence-corrected chi connectivity index (χ4v) is 3.93. The van der Waals surface area contributed by atoms with E-state index in [1.807, 2.05) is 42.5 Å². The van der Waals surface area contributed by atoms with Crippen molar-refractivity contribution in [3.63, 3.8) is 0 Å². The summed E-state index contributed by atoms with van der Waals surface area (Å²) in [5.41, 5.74) is 6.79. The van der Waals surface area contributed by atoms with Gasteiger partial charge in [0.25, 0.3) is 11.5 Å². The highest BCUT2D eigenvalue weighted by Crippen LogP contribution is 2.25. The molecule has 7 nitrogen and oxygen atoms in total. The average Bonchev–Trinajstić information content (AvgIpc) is 2.75. The first-order chi connectivity index (χ1) is 14.9. The molecule has 0 bridgehead atoms. The topological polar surface area (TPSA) is 103 Å². The second-order valence-corrected chi connectivity index (χ2v) is 8.09. The lowest BCUT2D eigenvalue weighted by atomic mass is 10.1. The highest BCUT2D eigenvalue weighted by molar-refractivity contribution is 9.10. The smallest absolute Gasteiger partial charge is 0.274 e. The lowest BCUT2D eigenvalue weighted by molar-refractivity contribution is 0.0934. The van der Waals surface area contributed by atoms with Crippen molar-refractivity contribution in [2.24, 2.45) is 0 Å². The zero-order valence-electron chi connectivity index (χ0n) is 16.3. The van der Waals surface area contributed by atoms with Crippen molar-refractivity contribution < 1.29 is 4.79 Å². The molecule has 4 rings (SSSR count). The van der Waals surface area contributed by atoms with E-state index in [1.54, 1.807) is 23.6 Å². The number of benzene rings is 2. The first kappa shape index (κ1) is 21.0. The van der Waals surface area contributed by atoms with Gasteiger partial charge in [0.05, 0.1) is 22.6 Å². The number of rotatable bonds is 4. The second kappa shape index (κ2) is 8.49. The standard InChI is InChI=1S/C22H17BrClN5O2/c1-12(27-21(30)19-20(25)26-11-17(23)28-19)16-10-13-6-5-9-15(24)18(13)22(31)29(16)14-7-3-2-4-8-14/h2-12H,1H3,(H2,25,26)(H,27,30). The number of para-hydroxylation sites is 1. The van der Waals surface area contributed by atoms with Crippen LogP contribution in [0.1, 0.15) is 29.1 Å². The van der Waals surface area contributed by atoms with Crippen LogP contribution >= 0.6 is 27.5 Å². The molecule has 156 valence electrons. The third-order valence-corrected chi connectivity index (χ3v) is 5.51.